The Hall–Kier alpha value is -0.640. The number of nitrogens with zero attached hydrogens (tertiary/aromatic N) is 1. The van der Waals surface area contributed by atoms with Crippen LogP contribution in [0.3, 0.4) is 0 Å². The average molecular weight is 351 g/mol. The van der Waals surface area contributed by atoms with Gasteiger partial charge in [0.15, 0.2) is 0 Å². The highest BCUT2D eigenvalue weighted by molar-refractivity contribution is 14.1. The van der Waals surface area contributed by atoms with Gasteiger partial charge in [-0.15, -0.1) is 13.2 Å². The Bertz CT molecular complexity index is 383. The summed E-state index contributed by atoms with van der Waals surface area (Å²) in [6.07, 6.45) is -4.87. The fourth-order valence-electron chi connectivity index (χ4n) is 1.01. The molecule has 1 heterocycles. The standard InChI is InChI=1S/C8H6F4INO2/c9-2-6-4(3-15)5(13)1-7(14-6)16-8(10,11)12/h1,15H,2-3H2. The molecule has 8 heteroatoms. The summed E-state index contributed by atoms with van der Waals surface area (Å²) in [7, 11) is 0. The van der Waals surface area contributed by atoms with Crippen LogP contribution in [0, 0.1) is 3.57 Å². The Morgan fingerprint density at radius 1 is 1.44 bits per heavy atom. The van der Waals surface area contributed by atoms with Gasteiger partial charge in [-0.3, -0.25) is 0 Å². The minimum Gasteiger partial charge on any atom is -0.392 e. The van der Waals surface area contributed by atoms with Gasteiger partial charge in [-0.25, -0.2) is 9.37 Å². The third-order valence-corrected chi connectivity index (χ3v) is 2.60. The molecular weight excluding hydrogens is 345 g/mol. The minimum atomic E-state index is -4.87. The van der Waals surface area contributed by atoms with Crippen molar-refractivity contribution in [2.45, 2.75) is 19.6 Å². The largest absolute Gasteiger partial charge is 0.574 e. The molecule has 0 atom stereocenters. The summed E-state index contributed by atoms with van der Waals surface area (Å²) >= 11 is 1.67. The predicted molar refractivity (Wildman–Crippen MR) is 54.4 cm³/mol. The van der Waals surface area contributed by atoms with Crippen molar-refractivity contribution in [2.24, 2.45) is 0 Å². The Labute approximate surface area is 102 Å². The number of hydrogen-bond donors (Lipinski definition) is 1. The lowest BCUT2D eigenvalue weighted by Crippen LogP contribution is -2.18. The van der Waals surface area contributed by atoms with E-state index in [1.54, 1.807) is 22.6 Å². The second-order valence-corrected chi connectivity index (χ2v) is 3.87. The van der Waals surface area contributed by atoms with Gasteiger partial charge in [-0.2, -0.15) is 0 Å². The van der Waals surface area contributed by atoms with Crippen LogP contribution in [0.1, 0.15) is 11.3 Å². The Kier molecular flexibility index (Phi) is 4.30. The first kappa shape index (κ1) is 13.4. The topological polar surface area (TPSA) is 42.4 Å². The SMILES string of the molecule is OCc1c(I)cc(OC(F)(F)F)nc1CF. The van der Waals surface area contributed by atoms with Gasteiger partial charge in [0.1, 0.15) is 6.67 Å². The number of rotatable bonds is 3. The lowest BCUT2D eigenvalue weighted by Gasteiger charge is -2.11. The van der Waals surface area contributed by atoms with E-state index in [4.69, 9.17) is 5.11 Å². The number of hydrogen-bond acceptors (Lipinski definition) is 3. The van der Waals surface area contributed by atoms with Crippen LogP contribution in [0.25, 0.3) is 0 Å². The smallest absolute Gasteiger partial charge is 0.392 e. The van der Waals surface area contributed by atoms with Crippen LogP contribution in [0.15, 0.2) is 6.07 Å². The summed E-state index contributed by atoms with van der Waals surface area (Å²) in [4.78, 5) is 3.33. The third-order valence-electron chi connectivity index (χ3n) is 1.64. The number of ether oxygens (including phenoxy) is 1. The van der Waals surface area contributed by atoms with E-state index in [1.165, 1.54) is 0 Å². The quantitative estimate of drug-likeness (QED) is 0.673. The molecule has 1 rings (SSSR count). The molecule has 0 aromatic carbocycles. The summed E-state index contributed by atoms with van der Waals surface area (Å²) in [5.41, 5.74) is -0.0914. The summed E-state index contributed by atoms with van der Waals surface area (Å²) in [6, 6.07) is 0.985. The van der Waals surface area contributed by atoms with Gasteiger partial charge in [0.05, 0.1) is 12.3 Å². The summed E-state index contributed by atoms with van der Waals surface area (Å²) < 4.78 is 51.9. The van der Waals surface area contributed by atoms with Crippen molar-refractivity contribution >= 4 is 22.6 Å². The summed E-state index contributed by atoms with van der Waals surface area (Å²) in [5, 5.41) is 8.88. The molecule has 1 aromatic heterocycles. The molecule has 3 nitrogen and oxygen atoms in total. The first-order chi connectivity index (χ1) is 7.37. The molecule has 0 bridgehead atoms. The van der Waals surface area contributed by atoms with E-state index in [-0.39, 0.29) is 14.8 Å². The maximum Gasteiger partial charge on any atom is 0.574 e. The van der Waals surface area contributed by atoms with Gasteiger partial charge in [-0.05, 0) is 22.6 Å². The van der Waals surface area contributed by atoms with Crippen LogP contribution in [-0.4, -0.2) is 16.5 Å². The molecule has 0 spiro atoms. The fraction of sp³-hybridized carbons (Fsp3) is 0.375. The van der Waals surface area contributed by atoms with E-state index in [2.05, 4.69) is 9.72 Å². The summed E-state index contributed by atoms with van der Waals surface area (Å²) in [5.74, 6) is -0.734. The summed E-state index contributed by atoms with van der Waals surface area (Å²) in [6.45, 7) is -1.56. The highest BCUT2D eigenvalue weighted by Crippen LogP contribution is 2.26. The van der Waals surface area contributed by atoms with Crippen LogP contribution < -0.4 is 4.74 Å². The van der Waals surface area contributed by atoms with Crippen LogP contribution >= 0.6 is 22.6 Å². The van der Waals surface area contributed by atoms with Crippen molar-refractivity contribution in [3.63, 3.8) is 0 Å². The second-order valence-electron chi connectivity index (χ2n) is 2.71. The van der Waals surface area contributed by atoms with Gasteiger partial charge >= 0.3 is 6.36 Å². The molecule has 0 aliphatic heterocycles. The first-order valence-electron chi connectivity index (χ1n) is 3.98. The van der Waals surface area contributed by atoms with E-state index in [0.717, 1.165) is 6.07 Å². The number of halogens is 5. The number of aliphatic hydroxyl groups is 1. The number of aromatic nitrogens is 1. The van der Waals surface area contributed by atoms with Gasteiger partial charge < -0.3 is 9.84 Å². The Morgan fingerprint density at radius 2 is 2.06 bits per heavy atom. The molecule has 0 saturated heterocycles. The maximum atomic E-state index is 12.5. The van der Waals surface area contributed by atoms with Gasteiger partial charge in [0.2, 0.25) is 5.88 Å². The van der Waals surface area contributed by atoms with Crippen LogP contribution in [-0.2, 0) is 13.3 Å². The number of alkyl halides is 4. The van der Waals surface area contributed by atoms with E-state index in [0.29, 0.717) is 0 Å². The second kappa shape index (κ2) is 5.13. The van der Waals surface area contributed by atoms with Crippen molar-refractivity contribution < 1.29 is 27.4 Å². The molecular formula is C8H6F4INO2. The molecule has 0 radical (unpaired) electrons. The van der Waals surface area contributed by atoms with Gasteiger partial charge in [0, 0.05) is 15.2 Å². The number of pyridine rings is 1. The lowest BCUT2D eigenvalue weighted by molar-refractivity contribution is -0.276. The lowest BCUT2D eigenvalue weighted by atomic mass is 10.2. The Balaban J connectivity index is 3.10. The van der Waals surface area contributed by atoms with Crippen LogP contribution in [0.5, 0.6) is 5.88 Å². The van der Waals surface area contributed by atoms with Crippen molar-refractivity contribution in [3.8, 4) is 5.88 Å². The molecule has 0 unspecified atom stereocenters. The normalized spacial score (nSPS) is 11.6. The zero-order valence-electron chi connectivity index (χ0n) is 7.68. The monoisotopic (exact) mass is 351 g/mol. The molecule has 0 fully saturated rings. The van der Waals surface area contributed by atoms with Gasteiger partial charge in [-0.1, -0.05) is 0 Å². The van der Waals surface area contributed by atoms with E-state index in [1.807, 2.05) is 0 Å². The van der Waals surface area contributed by atoms with Crippen molar-refractivity contribution in [3.05, 3.63) is 20.9 Å². The zero-order chi connectivity index (χ0) is 12.3. The first-order valence-corrected chi connectivity index (χ1v) is 5.06. The predicted octanol–water partition coefficient (Wildman–Crippen LogP) is 2.55. The van der Waals surface area contributed by atoms with E-state index in [9.17, 15) is 17.6 Å². The molecule has 0 aliphatic carbocycles. The molecule has 0 aliphatic rings. The highest BCUT2D eigenvalue weighted by atomic mass is 127. The fourth-order valence-corrected chi connectivity index (χ4v) is 1.76. The minimum absolute atomic E-state index is 0.164. The average Bonchev–Trinajstić information content (AvgIpc) is 2.14. The molecule has 90 valence electrons. The van der Waals surface area contributed by atoms with Crippen molar-refractivity contribution in [2.75, 3.05) is 0 Å². The third kappa shape index (κ3) is 3.44. The highest BCUT2D eigenvalue weighted by Gasteiger charge is 2.32. The zero-order valence-corrected chi connectivity index (χ0v) is 9.84. The van der Waals surface area contributed by atoms with Gasteiger partial charge in [0.25, 0.3) is 0 Å². The van der Waals surface area contributed by atoms with Crippen LogP contribution in [0.4, 0.5) is 17.6 Å². The maximum absolute atomic E-state index is 12.5. The van der Waals surface area contributed by atoms with Crippen molar-refractivity contribution in [1.82, 2.24) is 4.98 Å². The molecule has 0 saturated carbocycles. The van der Waals surface area contributed by atoms with Crippen LogP contribution in [0.2, 0.25) is 0 Å². The number of aliphatic hydroxyl groups excluding tert-OH is 1. The molecule has 1 aromatic rings. The Morgan fingerprint density at radius 3 is 2.50 bits per heavy atom. The molecule has 0 amide bonds. The van der Waals surface area contributed by atoms with E-state index >= 15 is 0 Å². The van der Waals surface area contributed by atoms with Crippen molar-refractivity contribution in [1.29, 1.82) is 0 Å². The van der Waals surface area contributed by atoms with E-state index < -0.39 is 25.5 Å². The molecule has 1 N–H and O–H groups in total. The molecule has 16 heavy (non-hydrogen) atoms.